The van der Waals surface area contributed by atoms with Crippen LogP contribution in [0.2, 0.25) is 0 Å². The zero-order chi connectivity index (χ0) is 27.7. The summed E-state index contributed by atoms with van der Waals surface area (Å²) in [6.45, 7) is 4.29. The highest BCUT2D eigenvalue weighted by Gasteiger charge is 2.38. The van der Waals surface area contributed by atoms with Crippen LogP contribution in [0, 0.1) is 5.92 Å². The molecule has 0 spiro atoms. The average molecular weight is 569 g/mol. The number of nitrogen functional groups attached to an aromatic ring is 1. The first kappa shape index (κ1) is 29.9. The van der Waals surface area contributed by atoms with E-state index in [4.69, 9.17) is 19.7 Å². The Balaban J connectivity index is 1.92. The van der Waals surface area contributed by atoms with E-state index in [1.807, 2.05) is 44.2 Å². The summed E-state index contributed by atoms with van der Waals surface area (Å²) in [6.07, 6.45) is -1.59. The molecular weight excluding hydrogens is 533 g/mol. The number of carbonyl (C=O) groups is 1. The third-order valence-corrected chi connectivity index (χ3v) is 8.20. The van der Waals surface area contributed by atoms with Crippen molar-refractivity contribution in [1.29, 1.82) is 0 Å². The van der Waals surface area contributed by atoms with Gasteiger partial charge in [0.05, 0.1) is 24.2 Å². The van der Waals surface area contributed by atoms with Crippen molar-refractivity contribution in [2.75, 3.05) is 32.0 Å². The van der Waals surface area contributed by atoms with Crippen molar-refractivity contribution in [3.63, 3.8) is 0 Å². The molecule has 4 N–H and O–H groups in total. The lowest BCUT2D eigenvalue weighted by Gasteiger charge is -2.30. The summed E-state index contributed by atoms with van der Waals surface area (Å²) in [6, 6.07) is 14.0. The first-order chi connectivity index (χ1) is 18.0. The van der Waals surface area contributed by atoms with Crippen molar-refractivity contribution in [3.8, 4) is 0 Å². The molecule has 11 nitrogen and oxygen atoms in total. The van der Waals surface area contributed by atoms with Gasteiger partial charge in [0, 0.05) is 29.8 Å². The van der Waals surface area contributed by atoms with Crippen LogP contribution in [0.5, 0.6) is 0 Å². The van der Waals surface area contributed by atoms with Gasteiger partial charge in [-0.05, 0) is 42.2 Å². The molecule has 2 aromatic carbocycles. The molecule has 13 heteroatoms. The molecule has 0 bridgehead atoms. The van der Waals surface area contributed by atoms with Gasteiger partial charge in [-0.25, -0.2) is 13.2 Å². The fourth-order valence-electron chi connectivity index (χ4n) is 4.10. The standard InChI is InChI=1S/C25H34N3O8PS/c1-18(2)15-28(38(32,33)22-10-8-20(26)9-11-22)16-24(36-37(30)31)23(14-19-6-4-3-5-7-19)27-25(29)35-21-12-13-34-17-21/h3-11,18,21,23-24H,12-17,26H2,1-2H3,(H-,27,29,30,31)/p+1/t21-,23-,24+/m0/s1. The minimum atomic E-state index is -4.04. The van der Waals surface area contributed by atoms with Gasteiger partial charge in [-0.3, -0.25) is 0 Å². The van der Waals surface area contributed by atoms with E-state index in [0.29, 0.717) is 18.7 Å². The maximum absolute atomic E-state index is 13.6. The van der Waals surface area contributed by atoms with Crippen molar-refractivity contribution >= 4 is 30.1 Å². The molecule has 0 radical (unpaired) electrons. The molecule has 2 aromatic rings. The first-order valence-corrected chi connectivity index (χ1v) is 14.9. The molecule has 0 saturated carbocycles. The van der Waals surface area contributed by atoms with Crippen molar-refractivity contribution in [3.05, 3.63) is 60.2 Å². The summed E-state index contributed by atoms with van der Waals surface area (Å²) in [5, 5.41) is 2.74. The Kier molecular flexibility index (Phi) is 11.0. The lowest BCUT2D eigenvalue weighted by molar-refractivity contribution is 0.0689. The summed E-state index contributed by atoms with van der Waals surface area (Å²) >= 11 is 0. The van der Waals surface area contributed by atoms with E-state index in [9.17, 15) is 22.7 Å². The third-order valence-electron chi connectivity index (χ3n) is 5.91. The van der Waals surface area contributed by atoms with Crippen LogP contribution >= 0.6 is 8.25 Å². The Hall–Kier alpha value is -2.60. The Labute approximate surface area is 224 Å². The normalized spacial score (nSPS) is 17.8. The zero-order valence-corrected chi connectivity index (χ0v) is 23.1. The summed E-state index contributed by atoms with van der Waals surface area (Å²) in [4.78, 5) is 22.5. The Morgan fingerprint density at radius 2 is 1.87 bits per heavy atom. The maximum atomic E-state index is 13.6. The molecule has 0 aliphatic carbocycles. The Morgan fingerprint density at radius 3 is 2.45 bits per heavy atom. The predicted octanol–water partition coefficient (Wildman–Crippen LogP) is 3.08. The molecule has 1 amide bonds. The van der Waals surface area contributed by atoms with E-state index in [2.05, 4.69) is 5.32 Å². The van der Waals surface area contributed by atoms with E-state index in [-0.39, 0.29) is 36.9 Å². The van der Waals surface area contributed by atoms with Crippen molar-refractivity contribution < 1.29 is 36.7 Å². The topological polar surface area (TPSA) is 157 Å². The zero-order valence-electron chi connectivity index (χ0n) is 21.4. The van der Waals surface area contributed by atoms with E-state index in [1.165, 1.54) is 28.6 Å². The molecule has 208 valence electrons. The molecule has 1 aliphatic rings. The molecule has 1 unspecified atom stereocenters. The number of rotatable bonds is 13. The van der Waals surface area contributed by atoms with Gasteiger partial charge in [-0.15, -0.1) is 9.42 Å². The average Bonchev–Trinajstić information content (AvgIpc) is 3.36. The number of nitrogens with two attached hydrogens (primary N) is 1. The van der Waals surface area contributed by atoms with Gasteiger partial charge in [0.2, 0.25) is 10.0 Å². The van der Waals surface area contributed by atoms with Crippen LogP contribution in [0.4, 0.5) is 10.5 Å². The second-order valence-corrected chi connectivity index (χ2v) is 12.1. The van der Waals surface area contributed by atoms with Crippen LogP contribution in [0.15, 0.2) is 59.5 Å². The summed E-state index contributed by atoms with van der Waals surface area (Å²) in [7, 11) is -7.17. The van der Waals surface area contributed by atoms with Gasteiger partial charge in [-0.1, -0.05) is 44.2 Å². The van der Waals surface area contributed by atoms with Crippen LogP contribution in [-0.4, -0.2) is 68.3 Å². The fourth-order valence-corrected chi connectivity index (χ4v) is 6.16. The van der Waals surface area contributed by atoms with E-state index >= 15 is 0 Å². The van der Waals surface area contributed by atoms with Crippen molar-refractivity contribution in [1.82, 2.24) is 9.62 Å². The number of nitrogens with zero attached hydrogens (tertiary/aromatic N) is 1. The molecule has 4 atom stereocenters. The minimum Gasteiger partial charge on any atom is -0.444 e. The van der Waals surface area contributed by atoms with Gasteiger partial charge >= 0.3 is 14.3 Å². The van der Waals surface area contributed by atoms with Gasteiger partial charge in [0.1, 0.15) is 6.10 Å². The lowest BCUT2D eigenvalue weighted by atomic mass is 10.0. The number of anilines is 1. The first-order valence-electron chi connectivity index (χ1n) is 12.3. The number of amides is 1. The number of benzene rings is 2. The van der Waals surface area contributed by atoms with E-state index in [0.717, 1.165) is 5.56 Å². The van der Waals surface area contributed by atoms with Crippen molar-refractivity contribution in [2.24, 2.45) is 5.92 Å². The van der Waals surface area contributed by atoms with Crippen LogP contribution in [-0.2, 0) is 35.0 Å². The van der Waals surface area contributed by atoms with E-state index < -0.39 is 42.6 Å². The van der Waals surface area contributed by atoms with Crippen LogP contribution in [0.1, 0.15) is 25.8 Å². The van der Waals surface area contributed by atoms with Crippen LogP contribution in [0.25, 0.3) is 0 Å². The molecule has 1 fully saturated rings. The largest absolute Gasteiger partial charge is 0.695 e. The molecule has 0 aromatic heterocycles. The molecule has 1 saturated heterocycles. The van der Waals surface area contributed by atoms with Gasteiger partial charge < -0.3 is 20.5 Å². The molecule has 1 heterocycles. The SMILES string of the molecule is CC(C)CN(C[C@@H](O[P+](=O)O)[C@H](Cc1ccccc1)NC(=O)O[C@H]1CCOC1)S(=O)(=O)c1ccc(N)cc1. The Bertz CT molecular complexity index is 1160. The number of ether oxygens (including phenoxy) is 2. The van der Waals surface area contributed by atoms with E-state index in [1.54, 1.807) is 0 Å². The Morgan fingerprint density at radius 1 is 1.18 bits per heavy atom. The number of alkyl carbamates (subject to hydrolysis) is 1. The monoisotopic (exact) mass is 568 g/mol. The molecule has 3 rings (SSSR count). The lowest BCUT2D eigenvalue weighted by Crippen LogP contribution is -2.52. The highest BCUT2D eigenvalue weighted by atomic mass is 32.2. The number of hydrogen-bond donors (Lipinski definition) is 3. The number of nitrogens with one attached hydrogen (secondary N) is 1. The quantitative estimate of drug-likeness (QED) is 0.244. The highest BCUT2D eigenvalue weighted by molar-refractivity contribution is 7.89. The number of hydrogen-bond acceptors (Lipinski definition) is 8. The van der Waals surface area contributed by atoms with Crippen LogP contribution in [0.3, 0.4) is 0 Å². The highest BCUT2D eigenvalue weighted by Crippen LogP contribution is 2.26. The van der Waals surface area contributed by atoms with Gasteiger partial charge in [0.15, 0.2) is 6.10 Å². The third kappa shape index (κ3) is 9.00. The second kappa shape index (κ2) is 14.0. The predicted molar refractivity (Wildman–Crippen MR) is 142 cm³/mol. The molecule has 1 aliphatic heterocycles. The number of carbonyl (C=O) groups excluding carboxylic acids is 1. The van der Waals surface area contributed by atoms with Gasteiger partial charge in [0.25, 0.3) is 0 Å². The fraction of sp³-hybridized carbons (Fsp3) is 0.480. The van der Waals surface area contributed by atoms with Crippen LogP contribution < -0.4 is 11.1 Å². The minimum absolute atomic E-state index is 0.0210. The molecular formula is C25H35N3O8PS+. The number of sulfonamides is 1. The summed E-state index contributed by atoms with van der Waals surface area (Å²) in [5.74, 6) is -0.0741. The second-order valence-electron chi connectivity index (χ2n) is 9.50. The smallest absolute Gasteiger partial charge is 0.444 e. The van der Waals surface area contributed by atoms with Crippen molar-refractivity contribution in [2.45, 2.75) is 49.8 Å². The van der Waals surface area contributed by atoms with Gasteiger partial charge in [-0.2, -0.15) is 4.31 Å². The maximum Gasteiger partial charge on any atom is 0.695 e. The summed E-state index contributed by atoms with van der Waals surface area (Å²) < 4.78 is 56.3. The molecule has 38 heavy (non-hydrogen) atoms. The summed E-state index contributed by atoms with van der Waals surface area (Å²) in [5.41, 5.74) is 6.95.